The predicted molar refractivity (Wildman–Crippen MR) is 80.9 cm³/mol. The maximum atomic E-state index is 9.72. The number of rotatable bonds is 5. The van der Waals surface area contributed by atoms with Crippen molar-refractivity contribution in [1.29, 1.82) is 0 Å². The Labute approximate surface area is 116 Å². The van der Waals surface area contributed by atoms with Gasteiger partial charge in [-0.2, -0.15) is 0 Å². The largest absolute Gasteiger partial charge is 0.394 e. The average Bonchev–Trinajstić information content (AvgIpc) is 2.48. The van der Waals surface area contributed by atoms with E-state index in [4.69, 9.17) is 0 Å². The summed E-state index contributed by atoms with van der Waals surface area (Å²) in [6, 6.07) is 10.2. The molecular weight excluding hydrogens is 234 g/mol. The Morgan fingerprint density at radius 2 is 1.95 bits per heavy atom. The van der Waals surface area contributed by atoms with Gasteiger partial charge in [0.1, 0.15) is 0 Å². The molecule has 104 valence electrons. The molecular formula is C17H25NO. The highest BCUT2D eigenvalue weighted by Crippen LogP contribution is 2.31. The first-order valence-electron chi connectivity index (χ1n) is 7.24. The van der Waals surface area contributed by atoms with Crippen molar-refractivity contribution in [3.63, 3.8) is 0 Å². The number of aliphatic hydroxyl groups is 1. The number of aliphatic hydroxyl groups excluding tert-OH is 1. The normalized spacial score (nSPS) is 27.2. The molecule has 1 aromatic rings. The molecule has 0 spiro atoms. The highest BCUT2D eigenvalue weighted by Gasteiger charge is 2.32. The molecule has 0 aliphatic heterocycles. The van der Waals surface area contributed by atoms with E-state index in [9.17, 15) is 5.11 Å². The summed E-state index contributed by atoms with van der Waals surface area (Å²) in [4.78, 5) is 0. The van der Waals surface area contributed by atoms with E-state index in [1.165, 1.54) is 18.4 Å². The van der Waals surface area contributed by atoms with E-state index in [-0.39, 0.29) is 12.1 Å². The molecule has 2 N–H and O–H groups in total. The quantitative estimate of drug-likeness (QED) is 0.851. The van der Waals surface area contributed by atoms with Gasteiger partial charge in [-0.1, -0.05) is 43.8 Å². The van der Waals surface area contributed by atoms with Crippen molar-refractivity contribution in [3.05, 3.63) is 42.5 Å². The van der Waals surface area contributed by atoms with Crippen LogP contribution in [0, 0.1) is 5.92 Å². The van der Waals surface area contributed by atoms with Gasteiger partial charge in [-0.25, -0.2) is 0 Å². The summed E-state index contributed by atoms with van der Waals surface area (Å²) in [6.45, 7) is 7.41. The smallest absolute Gasteiger partial charge is 0.0613 e. The van der Waals surface area contributed by atoms with Crippen LogP contribution in [0.2, 0.25) is 0 Å². The number of hydrogen-bond acceptors (Lipinski definition) is 2. The molecule has 2 rings (SSSR count). The van der Waals surface area contributed by atoms with Crippen molar-refractivity contribution in [2.45, 2.75) is 38.1 Å². The van der Waals surface area contributed by atoms with Crippen LogP contribution >= 0.6 is 0 Å². The van der Waals surface area contributed by atoms with Crippen molar-refractivity contribution in [3.8, 4) is 0 Å². The first-order valence-corrected chi connectivity index (χ1v) is 7.24. The van der Waals surface area contributed by atoms with Crippen molar-refractivity contribution >= 4 is 5.57 Å². The van der Waals surface area contributed by atoms with Gasteiger partial charge in [0.2, 0.25) is 0 Å². The van der Waals surface area contributed by atoms with Crippen LogP contribution in [0.15, 0.2) is 36.9 Å². The Kier molecular flexibility index (Phi) is 4.78. The van der Waals surface area contributed by atoms with E-state index in [0.717, 1.165) is 30.9 Å². The standard InChI is InChI=1S/C17H25NO/c1-14-8-10-17(13-19,11-9-14)18-12-15(2)16-6-4-3-5-7-16/h3-7,14,18-19H,2,8-13H2,1H3. The Hall–Kier alpha value is -1.12. The second-order valence-corrected chi connectivity index (χ2v) is 5.94. The highest BCUT2D eigenvalue weighted by molar-refractivity contribution is 5.64. The monoisotopic (exact) mass is 259 g/mol. The molecule has 0 unspecified atom stereocenters. The Morgan fingerprint density at radius 1 is 1.32 bits per heavy atom. The van der Waals surface area contributed by atoms with Gasteiger partial charge in [-0.15, -0.1) is 0 Å². The summed E-state index contributed by atoms with van der Waals surface area (Å²) < 4.78 is 0. The minimum absolute atomic E-state index is 0.0930. The molecule has 1 saturated carbocycles. The predicted octanol–water partition coefficient (Wildman–Crippen LogP) is 3.23. The molecule has 0 bridgehead atoms. The SMILES string of the molecule is C=C(CNC1(CO)CCC(C)CC1)c1ccccc1. The lowest BCUT2D eigenvalue weighted by Crippen LogP contribution is -2.51. The average molecular weight is 259 g/mol. The Morgan fingerprint density at radius 3 is 2.53 bits per heavy atom. The van der Waals surface area contributed by atoms with E-state index in [1.807, 2.05) is 18.2 Å². The summed E-state index contributed by atoms with van der Waals surface area (Å²) in [5.41, 5.74) is 2.17. The fourth-order valence-corrected chi connectivity index (χ4v) is 2.78. The van der Waals surface area contributed by atoms with Crippen molar-refractivity contribution in [2.24, 2.45) is 5.92 Å². The van der Waals surface area contributed by atoms with E-state index in [2.05, 4.69) is 31.0 Å². The maximum absolute atomic E-state index is 9.72. The van der Waals surface area contributed by atoms with Crippen LogP contribution in [0.4, 0.5) is 0 Å². The molecule has 0 aromatic heterocycles. The van der Waals surface area contributed by atoms with Gasteiger partial charge in [0.05, 0.1) is 6.61 Å². The van der Waals surface area contributed by atoms with Crippen LogP contribution in [-0.2, 0) is 0 Å². The molecule has 1 aromatic carbocycles. The van der Waals surface area contributed by atoms with E-state index in [0.29, 0.717) is 0 Å². The molecule has 1 aliphatic carbocycles. The maximum Gasteiger partial charge on any atom is 0.0613 e. The molecule has 0 radical (unpaired) electrons. The fraction of sp³-hybridized carbons (Fsp3) is 0.529. The summed E-state index contributed by atoms with van der Waals surface area (Å²) in [6.07, 6.45) is 4.52. The summed E-state index contributed by atoms with van der Waals surface area (Å²) in [5, 5.41) is 13.3. The zero-order valence-corrected chi connectivity index (χ0v) is 11.9. The third-order valence-corrected chi connectivity index (χ3v) is 4.39. The molecule has 2 heteroatoms. The Bertz CT molecular complexity index is 405. The molecule has 0 heterocycles. The third-order valence-electron chi connectivity index (χ3n) is 4.39. The number of hydrogen-bond donors (Lipinski definition) is 2. The first kappa shape index (κ1) is 14.3. The molecule has 0 saturated heterocycles. The topological polar surface area (TPSA) is 32.3 Å². The van der Waals surface area contributed by atoms with Crippen LogP contribution < -0.4 is 5.32 Å². The number of benzene rings is 1. The lowest BCUT2D eigenvalue weighted by Gasteiger charge is -2.39. The van der Waals surface area contributed by atoms with E-state index in [1.54, 1.807) is 0 Å². The summed E-state index contributed by atoms with van der Waals surface area (Å²) >= 11 is 0. The zero-order valence-electron chi connectivity index (χ0n) is 11.9. The lowest BCUT2D eigenvalue weighted by atomic mass is 9.77. The second-order valence-electron chi connectivity index (χ2n) is 5.94. The van der Waals surface area contributed by atoms with Crippen LogP contribution in [0.25, 0.3) is 5.57 Å². The molecule has 19 heavy (non-hydrogen) atoms. The van der Waals surface area contributed by atoms with E-state index < -0.39 is 0 Å². The van der Waals surface area contributed by atoms with Gasteiger partial charge < -0.3 is 10.4 Å². The molecule has 0 atom stereocenters. The van der Waals surface area contributed by atoms with Gasteiger partial charge in [-0.3, -0.25) is 0 Å². The van der Waals surface area contributed by atoms with Crippen molar-refractivity contribution in [1.82, 2.24) is 5.32 Å². The van der Waals surface area contributed by atoms with Crippen LogP contribution in [0.3, 0.4) is 0 Å². The molecule has 0 amide bonds. The molecule has 2 nitrogen and oxygen atoms in total. The molecule has 1 aliphatic rings. The van der Waals surface area contributed by atoms with E-state index >= 15 is 0 Å². The first-order chi connectivity index (χ1) is 9.15. The van der Waals surface area contributed by atoms with Crippen LogP contribution in [0.1, 0.15) is 38.2 Å². The minimum atomic E-state index is -0.0930. The zero-order chi connectivity index (χ0) is 13.7. The van der Waals surface area contributed by atoms with Crippen LogP contribution in [0.5, 0.6) is 0 Å². The van der Waals surface area contributed by atoms with Crippen molar-refractivity contribution in [2.75, 3.05) is 13.2 Å². The van der Waals surface area contributed by atoms with Crippen LogP contribution in [-0.4, -0.2) is 23.8 Å². The summed E-state index contributed by atoms with van der Waals surface area (Å²) in [5.74, 6) is 0.791. The van der Waals surface area contributed by atoms with Gasteiger partial charge >= 0.3 is 0 Å². The second kappa shape index (κ2) is 6.36. The summed E-state index contributed by atoms with van der Waals surface area (Å²) in [7, 11) is 0. The highest BCUT2D eigenvalue weighted by atomic mass is 16.3. The number of nitrogens with one attached hydrogen (secondary N) is 1. The van der Waals surface area contributed by atoms with Crippen molar-refractivity contribution < 1.29 is 5.11 Å². The van der Waals surface area contributed by atoms with Gasteiger partial charge in [-0.05, 0) is 42.7 Å². The molecule has 1 fully saturated rings. The van der Waals surface area contributed by atoms with Gasteiger partial charge in [0.15, 0.2) is 0 Å². The minimum Gasteiger partial charge on any atom is -0.394 e. The fourth-order valence-electron chi connectivity index (χ4n) is 2.78. The van der Waals surface area contributed by atoms with Gasteiger partial charge in [0.25, 0.3) is 0 Å². The van der Waals surface area contributed by atoms with Gasteiger partial charge in [0, 0.05) is 12.1 Å². The third kappa shape index (κ3) is 3.68. The Balaban J connectivity index is 1.91. The lowest BCUT2D eigenvalue weighted by molar-refractivity contribution is 0.110.